The van der Waals surface area contributed by atoms with Gasteiger partial charge in [-0.15, -0.1) is 24.8 Å². The van der Waals surface area contributed by atoms with Gasteiger partial charge in [-0.2, -0.15) is 0 Å². The molecule has 6 aromatic rings. The minimum absolute atomic E-state index is 0. The van der Waals surface area contributed by atoms with E-state index in [0.29, 0.717) is 7.25 Å². The molecule has 0 radical (unpaired) electrons. The Morgan fingerprint density at radius 2 is 0.667 bits per heavy atom. The number of halogens is 2. The van der Waals surface area contributed by atoms with Crippen LogP contribution in [0.5, 0.6) is 0 Å². The molecule has 2 saturated carbocycles. The van der Waals surface area contributed by atoms with Crippen molar-refractivity contribution in [3.63, 3.8) is 0 Å². The molecule has 342 valence electrons. The molecule has 0 bridgehead atoms. The van der Waals surface area contributed by atoms with Gasteiger partial charge in [-0.05, 0) is 0 Å². The Hall–Kier alpha value is -3.52. The van der Waals surface area contributed by atoms with E-state index >= 15 is 0 Å². The van der Waals surface area contributed by atoms with Crippen LogP contribution in [0, 0.1) is 67.2 Å². The minimum Gasteiger partial charge on any atom is -0.147 e. The van der Waals surface area contributed by atoms with Crippen LogP contribution in [0.25, 0.3) is 56.7 Å². The molecule has 10 rings (SSSR count). The molecule has 0 aromatic heterocycles. The van der Waals surface area contributed by atoms with Gasteiger partial charge < -0.3 is 0 Å². The number of hydrogen-bond donors (Lipinski definition) is 0. The molecule has 66 heavy (non-hydrogen) atoms. The first kappa shape index (κ1) is 48.9. The molecule has 0 N–H and O–H groups in total. The Balaban J connectivity index is 0.00000296. The van der Waals surface area contributed by atoms with E-state index in [0.717, 1.165) is 11.8 Å². The first-order chi connectivity index (χ1) is 30.5. The van der Waals surface area contributed by atoms with Gasteiger partial charge in [-0.3, -0.25) is 0 Å². The molecular formula is C62H72Cl2SiZr. The standard InChI is InChI=1S/2C30H31.2CH3.2ClH.H2Si.Zr/c2*1-19-10-20(2)13-25(12-19)27-8-9-28(26-14-21(3)11-22(4)15-26)30-18-24(17-29(27)30)16-23-6-5-7-23;;;;;;/h2*8-15,17-18,23H,5-7,16H2,1-4H3;2*1H3;2*1H;1H2;. The SMILES string of the molecule is Cc1cc(C)cc(-c2ccc(-c3cc(C)cc(C)c3)c3c2C=C(CC2CCC2)[CH]3[Zr]([CH3])([CH3])(=[SiH2])[CH]2C(CC3CCC3)=Cc3c(-c4cc(C)cc(C)c4)ccc(-c4cc(C)cc(C)c4)c32)c1.Cl.Cl. The van der Waals surface area contributed by atoms with Gasteiger partial charge in [0.25, 0.3) is 0 Å². The third-order valence-electron chi connectivity index (χ3n) is 16.1. The zero-order valence-electron chi connectivity index (χ0n) is 41.4. The second-order valence-electron chi connectivity index (χ2n) is 22.7. The third kappa shape index (κ3) is 8.97. The first-order valence-electron chi connectivity index (χ1n) is 24.6. The van der Waals surface area contributed by atoms with Crippen molar-refractivity contribution in [2.75, 3.05) is 0 Å². The van der Waals surface area contributed by atoms with E-state index in [4.69, 9.17) is 0 Å². The van der Waals surface area contributed by atoms with Gasteiger partial charge in [-0.1, -0.05) is 0 Å². The molecule has 2 unspecified atom stereocenters. The molecule has 4 aliphatic carbocycles. The molecule has 4 aliphatic rings. The molecular weight excluding hydrogens is 935 g/mol. The molecule has 2 atom stereocenters. The summed E-state index contributed by atoms with van der Waals surface area (Å²) in [4.78, 5) is 0. The fraction of sp³-hybridized carbons (Fsp3) is 0.355. The van der Waals surface area contributed by atoms with Crippen molar-refractivity contribution in [3.8, 4) is 44.5 Å². The number of fused-ring (bicyclic) bond motifs is 2. The largest absolute Gasteiger partial charge is 0.147 e. The van der Waals surface area contributed by atoms with Crippen molar-refractivity contribution in [2.45, 2.75) is 123 Å². The Morgan fingerprint density at radius 1 is 0.409 bits per heavy atom. The number of allylic oxidation sites excluding steroid dienone is 2. The van der Waals surface area contributed by atoms with Crippen molar-refractivity contribution in [2.24, 2.45) is 11.8 Å². The maximum absolute atomic E-state index is 4.26. The van der Waals surface area contributed by atoms with E-state index in [9.17, 15) is 0 Å². The molecule has 0 amide bonds. The second-order valence-corrected chi connectivity index (χ2v) is 53.2. The average Bonchev–Trinajstić information content (AvgIpc) is 3.76. The molecule has 0 nitrogen and oxygen atoms in total. The van der Waals surface area contributed by atoms with Crippen molar-refractivity contribution in [1.29, 1.82) is 0 Å². The number of rotatable bonds is 10. The van der Waals surface area contributed by atoms with Crippen LogP contribution in [0.2, 0.25) is 9.26 Å². The van der Waals surface area contributed by atoms with E-state index in [2.05, 4.69) is 181 Å². The molecule has 0 spiro atoms. The Bertz CT molecular complexity index is 2760. The van der Waals surface area contributed by atoms with E-state index in [1.165, 1.54) is 152 Å². The Morgan fingerprint density at radius 3 is 0.924 bits per heavy atom. The molecule has 2 fully saturated rings. The van der Waals surface area contributed by atoms with Gasteiger partial charge in [0.15, 0.2) is 0 Å². The van der Waals surface area contributed by atoms with Crippen LogP contribution in [0.15, 0.2) is 108 Å². The van der Waals surface area contributed by atoms with Crippen LogP contribution in [0.1, 0.15) is 125 Å². The fourth-order valence-electron chi connectivity index (χ4n) is 13.4. The van der Waals surface area contributed by atoms with E-state index in [1.807, 2.05) is 0 Å². The van der Waals surface area contributed by atoms with Crippen LogP contribution in [-0.4, -0.2) is 6.88 Å². The van der Waals surface area contributed by atoms with Gasteiger partial charge >= 0.3 is 391 Å². The van der Waals surface area contributed by atoms with Crippen LogP contribution in [0.3, 0.4) is 0 Å². The van der Waals surface area contributed by atoms with Gasteiger partial charge in [0, 0.05) is 0 Å². The zero-order chi connectivity index (χ0) is 44.8. The summed E-state index contributed by atoms with van der Waals surface area (Å²) < 4.78 is 6.72. The zero-order valence-corrected chi connectivity index (χ0v) is 46.9. The summed E-state index contributed by atoms with van der Waals surface area (Å²) in [6, 6.07) is 39.2. The van der Waals surface area contributed by atoms with Gasteiger partial charge in [0.05, 0.1) is 0 Å². The van der Waals surface area contributed by atoms with Crippen molar-refractivity contribution >= 4 is 43.8 Å². The quantitative estimate of drug-likeness (QED) is 0.120. The summed E-state index contributed by atoms with van der Waals surface area (Å²) >= 11 is -4.26. The van der Waals surface area contributed by atoms with Gasteiger partial charge in [0.2, 0.25) is 0 Å². The van der Waals surface area contributed by atoms with E-state index in [-0.39, 0.29) is 24.8 Å². The summed E-state index contributed by atoms with van der Waals surface area (Å²) in [5.41, 5.74) is 31.9. The predicted molar refractivity (Wildman–Crippen MR) is 293 cm³/mol. The van der Waals surface area contributed by atoms with Crippen molar-refractivity contribution < 1.29 is 17.4 Å². The smallest absolute Gasteiger partial charge is 0.147 e. The topological polar surface area (TPSA) is 0 Å². The average molecular weight is 1010 g/mol. The molecule has 0 heterocycles. The second kappa shape index (κ2) is 18.4. The third-order valence-corrected chi connectivity index (χ3v) is 33.5. The van der Waals surface area contributed by atoms with Crippen molar-refractivity contribution in [1.82, 2.24) is 0 Å². The normalized spacial score (nSPS) is 18.0. The molecule has 0 aliphatic heterocycles. The number of hydrogen-bond acceptors (Lipinski definition) is 0. The fourth-order valence-corrected chi connectivity index (χ4v) is 32.9. The van der Waals surface area contributed by atoms with Crippen molar-refractivity contribution in [3.05, 3.63) is 175 Å². The van der Waals surface area contributed by atoms with E-state index < -0.39 is 17.4 Å². The van der Waals surface area contributed by atoms with Crippen LogP contribution >= 0.6 is 24.8 Å². The molecule has 4 heteroatoms. The monoisotopic (exact) mass is 1000 g/mol. The minimum atomic E-state index is -4.26. The number of aryl methyl sites for hydroxylation is 8. The molecule has 6 aromatic carbocycles. The Kier molecular flexibility index (Phi) is 13.7. The van der Waals surface area contributed by atoms with Crippen LogP contribution in [0.4, 0.5) is 0 Å². The summed E-state index contributed by atoms with van der Waals surface area (Å²) in [5.74, 6) is 1.57. The summed E-state index contributed by atoms with van der Waals surface area (Å²) in [6.45, 7) is 20.8. The van der Waals surface area contributed by atoms with E-state index in [1.54, 1.807) is 22.3 Å². The summed E-state index contributed by atoms with van der Waals surface area (Å²) in [6.07, 6.45) is 16.3. The van der Waals surface area contributed by atoms with Gasteiger partial charge in [-0.25, -0.2) is 0 Å². The summed E-state index contributed by atoms with van der Waals surface area (Å²) in [5, 5.41) is 0. The predicted octanol–water partition coefficient (Wildman–Crippen LogP) is 18.0. The van der Waals surface area contributed by atoms with Gasteiger partial charge in [0.1, 0.15) is 0 Å². The summed E-state index contributed by atoms with van der Waals surface area (Å²) in [7, 11) is 0. The van der Waals surface area contributed by atoms with Crippen LogP contribution in [-0.2, 0) is 17.4 Å². The maximum Gasteiger partial charge on any atom is -0.147 e. The number of benzene rings is 6. The molecule has 0 saturated heterocycles. The van der Waals surface area contributed by atoms with Crippen LogP contribution < -0.4 is 0 Å². The Labute approximate surface area is 412 Å². The maximum atomic E-state index is 2.94. The first-order valence-corrected chi connectivity index (χ1v) is 38.3.